The van der Waals surface area contributed by atoms with Crippen LogP contribution in [0.15, 0.2) is 47.4 Å². The molecular formula is C21H18ClF3N4O4S. The fourth-order valence-electron chi connectivity index (χ4n) is 2.99. The van der Waals surface area contributed by atoms with Crippen molar-refractivity contribution < 1.29 is 31.6 Å². The third-order valence-corrected chi connectivity index (χ3v) is 6.01. The van der Waals surface area contributed by atoms with E-state index in [1.54, 1.807) is 0 Å². The normalized spacial score (nSPS) is 13.1. The van der Waals surface area contributed by atoms with Gasteiger partial charge in [-0.1, -0.05) is 23.7 Å². The van der Waals surface area contributed by atoms with Crippen molar-refractivity contribution in [2.24, 2.45) is 0 Å². The summed E-state index contributed by atoms with van der Waals surface area (Å²) >= 11 is 6.07. The highest BCUT2D eigenvalue weighted by atomic mass is 35.5. The van der Waals surface area contributed by atoms with Gasteiger partial charge in [0.1, 0.15) is 5.56 Å². The minimum Gasteiger partial charge on any atom is -0.491 e. The monoisotopic (exact) mass is 514 g/mol. The van der Waals surface area contributed by atoms with Gasteiger partial charge >= 0.3 is 6.18 Å². The Labute approximate surface area is 198 Å². The Kier molecular flexibility index (Phi) is 7.03. The number of rotatable bonds is 6. The van der Waals surface area contributed by atoms with Gasteiger partial charge in [0, 0.05) is 16.8 Å². The molecule has 1 unspecified atom stereocenters. The average molecular weight is 515 g/mol. The molecule has 1 amide bonds. The molecule has 0 aliphatic rings. The number of ether oxygens (including phenoxy) is 2. The zero-order valence-electron chi connectivity index (χ0n) is 18.0. The Hall–Kier alpha value is -3.38. The SMILES string of the molecule is COc1c(Cl)cccc1Oc1nnc(C(F)(F)F)c(C)c1C(=O)Nc1cccc(S(C)(=N)=O)c1. The zero-order chi connectivity index (χ0) is 25.3. The number of carbonyl (C=O) groups excluding carboxylic acids is 1. The highest BCUT2D eigenvalue weighted by Gasteiger charge is 2.38. The van der Waals surface area contributed by atoms with Gasteiger partial charge in [0.05, 0.1) is 21.9 Å². The van der Waals surface area contributed by atoms with Crippen LogP contribution in [0.25, 0.3) is 0 Å². The first-order valence-electron chi connectivity index (χ1n) is 9.43. The van der Waals surface area contributed by atoms with Crippen molar-refractivity contribution in [3.05, 3.63) is 64.3 Å². The number of amides is 1. The van der Waals surface area contributed by atoms with Gasteiger partial charge in [0.15, 0.2) is 17.2 Å². The average Bonchev–Trinajstić information content (AvgIpc) is 2.72. The maximum Gasteiger partial charge on any atom is 0.435 e. The Morgan fingerprint density at radius 2 is 1.85 bits per heavy atom. The van der Waals surface area contributed by atoms with Crippen LogP contribution in [0.2, 0.25) is 5.02 Å². The minimum absolute atomic E-state index is 0.000524. The molecule has 8 nitrogen and oxygen atoms in total. The molecule has 3 aromatic rings. The van der Waals surface area contributed by atoms with Gasteiger partial charge in [0.25, 0.3) is 11.8 Å². The lowest BCUT2D eigenvalue weighted by molar-refractivity contribution is -0.142. The molecule has 13 heteroatoms. The summed E-state index contributed by atoms with van der Waals surface area (Å²) in [7, 11) is -1.78. The van der Waals surface area contributed by atoms with Crippen LogP contribution in [0.1, 0.15) is 21.6 Å². The molecule has 1 heterocycles. The van der Waals surface area contributed by atoms with Gasteiger partial charge in [-0.05, 0) is 42.8 Å². The molecule has 0 spiro atoms. The van der Waals surface area contributed by atoms with E-state index in [0.29, 0.717) is 0 Å². The zero-order valence-corrected chi connectivity index (χ0v) is 19.6. The Morgan fingerprint density at radius 1 is 1.18 bits per heavy atom. The fraction of sp³-hybridized carbons (Fsp3) is 0.190. The summed E-state index contributed by atoms with van der Waals surface area (Å²) in [6.45, 7) is 1.06. The van der Waals surface area contributed by atoms with Gasteiger partial charge in [-0.3, -0.25) is 4.79 Å². The van der Waals surface area contributed by atoms with Gasteiger partial charge in [0.2, 0.25) is 0 Å². The van der Waals surface area contributed by atoms with Crippen molar-refractivity contribution in [2.45, 2.75) is 18.0 Å². The summed E-state index contributed by atoms with van der Waals surface area (Å²) in [5.41, 5.74) is -2.30. The standard InChI is InChI=1S/C21H18ClF3N4O4S/c1-11-16(19(30)27-12-6-4-7-13(10-12)34(3,26)31)20(29-28-18(11)21(23,24)25)33-15-9-5-8-14(22)17(15)32-2/h4-10,26H,1-3H3,(H,27,30). The third-order valence-electron chi connectivity index (χ3n) is 4.56. The predicted molar refractivity (Wildman–Crippen MR) is 119 cm³/mol. The summed E-state index contributed by atoms with van der Waals surface area (Å²) < 4.78 is 70.9. The van der Waals surface area contributed by atoms with Gasteiger partial charge < -0.3 is 14.8 Å². The van der Waals surface area contributed by atoms with Crippen molar-refractivity contribution in [3.63, 3.8) is 0 Å². The number of methoxy groups -OCH3 is 1. The molecule has 3 rings (SSSR count). The quantitative estimate of drug-likeness (QED) is 0.446. The van der Waals surface area contributed by atoms with Crippen LogP contribution in [-0.4, -0.2) is 33.7 Å². The highest BCUT2D eigenvalue weighted by Crippen LogP contribution is 2.39. The van der Waals surface area contributed by atoms with E-state index in [9.17, 15) is 22.2 Å². The summed E-state index contributed by atoms with van der Waals surface area (Å²) in [5, 5.41) is 9.30. The number of hydrogen-bond donors (Lipinski definition) is 2. The van der Waals surface area contributed by atoms with E-state index < -0.39 is 44.5 Å². The predicted octanol–water partition coefficient (Wildman–Crippen LogP) is 5.55. The molecule has 0 fully saturated rings. The summed E-state index contributed by atoms with van der Waals surface area (Å²) in [4.78, 5) is 13.2. The van der Waals surface area contributed by atoms with Crippen LogP contribution in [0.5, 0.6) is 17.4 Å². The van der Waals surface area contributed by atoms with Crippen LogP contribution in [0.3, 0.4) is 0 Å². The first kappa shape index (κ1) is 25.2. The molecule has 0 radical (unpaired) electrons. The van der Waals surface area contributed by atoms with Gasteiger partial charge in [-0.25, -0.2) is 8.99 Å². The lowest BCUT2D eigenvalue weighted by Gasteiger charge is -2.17. The smallest absolute Gasteiger partial charge is 0.435 e. The second-order valence-corrected chi connectivity index (χ2v) is 9.62. The van der Waals surface area contributed by atoms with Crippen molar-refractivity contribution in [1.82, 2.24) is 10.2 Å². The number of benzene rings is 2. The number of carbonyl (C=O) groups is 1. The molecular weight excluding hydrogens is 497 g/mol. The highest BCUT2D eigenvalue weighted by molar-refractivity contribution is 7.91. The van der Waals surface area contributed by atoms with Gasteiger partial charge in [-0.2, -0.15) is 13.2 Å². The first-order chi connectivity index (χ1) is 15.8. The molecule has 0 bridgehead atoms. The number of hydrogen-bond acceptors (Lipinski definition) is 7. The van der Waals surface area contributed by atoms with Crippen LogP contribution < -0.4 is 14.8 Å². The molecule has 0 saturated carbocycles. The Balaban J connectivity index is 2.11. The van der Waals surface area contributed by atoms with Crippen LogP contribution >= 0.6 is 11.6 Å². The molecule has 0 aliphatic carbocycles. The van der Waals surface area contributed by atoms with Crippen molar-refractivity contribution >= 4 is 32.9 Å². The van der Waals surface area contributed by atoms with E-state index in [4.69, 9.17) is 25.9 Å². The van der Waals surface area contributed by atoms with E-state index in [1.165, 1.54) is 55.8 Å². The number of aromatic nitrogens is 2. The lowest BCUT2D eigenvalue weighted by Crippen LogP contribution is -2.21. The number of nitrogens with zero attached hydrogens (tertiary/aromatic N) is 2. The molecule has 34 heavy (non-hydrogen) atoms. The second-order valence-electron chi connectivity index (χ2n) is 7.05. The van der Waals surface area contributed by atoms with E-state index >= 15 is 0 Å². The van der Waals surface area contributed by atoms with Crippen molar-refractivity contribution in [2.75, 3.05) is 18.7 Å². The third kappa shape index (κ3) is 5.39. The van der Waals surface area contributed by atoms with E-state index in [1.807, 2.05) is 0 Å². The minimum atomic E-state index is -4.88. The number of alkyl halides is 3. The molecule has 0 saturated heterocycles. The van der Waals surface area contributed by atoms with E-state index in [0.717, 1.165) is 6.92 Å². The molecule has 2 N–H and O–H groups in total. The van der Waals surface area contributed by atoms with Crippen LogP contribution in [0.4, 0.5) is 18.9 Å². The number of halogens is 4. The molecule has 2 aromatic carbocycles. The summed E-state index contributed by atoms with van der Waals surface area (Å²) in [6, 6.07) is 10.1. The summed E-state index contributed by atoms with van der Waals surface area (Å²) in [6.07, 6.45) is -3.68. The summed E-state index contributed by atoms with van der Waals surface area (Å²) in [5.74, 6) is -1.42. The van der Waals surface area contributed by atoms with Crippen LogP contribution in [0, 0.1) is 11.7 Å². The largest absolute Gasteiger partial charge is 0.491 e. The Morgan fingerprint density at radius 3 is 2.47 bits per heavy atom. The maximum absolute atomic E-state index is 13.5. The number of para-hydroxylation sites is 1. The van der Waals surface area contributed by atoms with Crippen molar-refractivity contribution in [3.8, 4) is 17.4 Å². The number of anilines is 1. The number of nitrogens with one attached hydrogen (secondary N) is 2. The molecule has 1 aromatic heterocycles. The van der Waals surface area contributed by atoms with E-state index in [-0.39, 0.29) is 27.1 Å². The molecule has 0 aliphatic heterocycles. The molecule has 180 valence electrons. The fourth-order valence-corrected chi connectivity index (χ4v) is 3.92. The maximum atomic E-state index is 13.5. The van der Waals surface area contributed by atoms with Gasteiger partial charge in [-0.15, -0.1) is 10.2 Å². The Bertz CT molecular complexity index is 1360. The van der Waals surface area contributed by atoms with Crippen LogP contribution in [-0.2, 0) is 15.9 Å². The van der Waals surface area contributed by atoms with Crippen molar-refractivity contribution in [1.29, 1.82) is 4.78 Å². The lowest BCUT2D eigenvalue weighted by atomic mass is 10.1. The second kappa shape index (κ2) is 9.47. The van der Waals surface area contributed by atoms with E-state index in [2.05, 4.69) is 15.5 Å². The molecule has 1 atom stereocenters. The topological polar surface area (TPSA) is 114 Å². The first-order valence-corrected chi connectivity index (χ1v) is 11.8.